The lowest BCUT2D eigenvalue weighted by Gasteiger charge is -2.29. The SMILES string of the molecule is CC1CCN(c2ccccc2C(N)=S)C1CO. The summed E-state index contributed by atoms with van der Waals surface area (Å²) >= 11 is 5.08. The number of aliphatic hydroxyl groups excluding tert-OH is 1. The predicted octanol–water partition coefficient (Wildman–Crippen LogP) is 1.53. The van der Waals surface area contributed by atoms with Crippen LogP contribution < -0.4 is 10.6 Å². The monoisotopic (exact) mass is 250 g/mol. The van der Waals surface area contributed by atoms with Crippen molar-refractivity contribution in [2.75, 3.05) is 18.1 Å². The van der Waals surface area contributed by atoms with E-state index in [4.69, 9.17) is 18.0 Å². The Bertz CT molecular complexity index is 422. The quantitative estimate of drug-likeness (QED) is 0.799. The third-order valence-corrected chi connectivity index (χ3v) is 3.77. The van der Waals surface area contributed by atoms with E-state index >= 15 is 0 Å². The normalized spacial score (nSPS) is 24.0. The van der Waals surface area contributed by atoms with Crippen LogP contribution in [0.3, 0.4) is 0 Å². The fraction of sp³-hybridized carbons (Fsp3) is 0.462. The number of nitrogens with two attached hydrogens (primary N) is 1. The number of aliphatic hydroxyl groups is 1. The van der Waals surface area contributed by atoms with Gasteiger partial charge in [0.15, 0.2) is 0 Å². The summed E-state index contributed by atoms with van der Waals surface area (Å²) in [5.41, 5.74) is 7.69. The minimum Gasteiger partial charge on any atom is -0.394 e. The third kappa shape index (κ3) is 2.28. The highest BCUT2D eigenvalue weighted by Crippen LogP contribution is 2.31. The number of hydrogen-bond donors (Lipinski definition) is 2. The number of hydrogen-bond acceptors (Lipinski definition) is 3. The zero-order valence-electron chi connectivity index (χ0n) is 9.97. The van der Waals surface area contributed by atoms with Gasteiger partial charge in [0.1, 0.15) is 4.99 Å². The Morgan fingerprint density at radius 1 is 1.53 bits per heavy atom. The first kappa shape index (κ1) is 12.3. The van der Waals surface area contributed by atoms with Gasteiger partial charge in [-0.15, -0.1) is 0 Å². The highest BCUT2D eigenvalue weighted by Gasteiger charge is 2.31. The summed E-state index contributed by atoms with van der Waals surface area (Å²) in [7, 11) is 0. The molecule has 0 aliphatic carbocycles. The molecule has 92 valence electrons. The molecular formula is C13H18N2OS. The van der Waals surface area contributed by atoms with E-state index in [9.17, 15) is 5.11 Å². The Balaban J connectivity index is 2.37. The molecule has 17 heavy (non-hydrogen) atoms. The number of benzene rings is 1. The van der Waals surface area contributed by atoms with Crippen LogP contribution in [-0.4, -0.2) is 29.3 Å². The summed E-state index contributed by atoms with van der Waals surface area (Å²) in [4.78, 5) is 2.64. The summed E-state index contributed by atoms with van der Waals surface area (Å²) < 4.78 is 0. The summed E-state index contributed by atoms with van der Waals surface area (Å²) in [6.45, 7) is 3.29. The van der Waals surface area contributed by atoms with Gasteiger partial charge in [-0.05, 0) is 24.5 Å². The smallest absolute Gasteiger partial charge is 0.106 e. The van der Waals surface area contributed by atoms with Crippen molar-refractivity contribution in [2.24, 2.45) is 11.7 Å². The lowest BCUT2D eigenvalue weighted by molar-refractivity contribution is 0.245. The summed E-state index contributed by atoms with van der Waals surface area (Å²) in [6.07, 6.45) is 1.09. The Kier molecular flexibility index (Phi) is 3.64. The van der Waals surface area contributed by atoms with Crippen molar-refractivity contribution in [3.63, 3.8) is 0 Å². The van der Waals surface area contributed by atoms with E-state index in [0.717, 1.165) is 24.2 Å². The molecule has 1 fully saturated rings. The molecule has 0 saturated carbocycles. The highest BCUT2D eigenvalue weighted by molar-refractivity contribution is 7.80. The van der Waals surface area contributed by atoms with Crippen LogP contribution in [-0.2, 0) is 0 Å². The lowest BCUT2D eigenvalue weighted by atomic mass is 10.0. The molecule has 0 radical (unpaired) electrons. The second-order valence-electron chi connectivity index (χ2n) is 4.59. The molecule has 1 aromatic rings. The summed E-state index contributed by atoms with van der Waals surface area (Å²) in [5, 5.41) is 9.49. The van der Waals surface area contributed by atoms with Crippen LogP contribution in [0, 0.1) is 5.92 Å². The Hall–Kier alpha value is -1.13. The van der Waals surface area contributed by atoms with Crippen molar-refractivity contribution in [2.45, 2.75) is 19.4 Å². The second kappa shape index (κ2) is 5.02. The molecule has 1 aromatic carbocycles. The molecule has 1 heterocycles. The number of thiocarbonyl (C=S) groups is 1. The lowest BCUT2D eigenvalue weighted by Crippen LogP contribution is -2.36. The van der Waals surface area contributed by atoms with Crippen molar-refractivity contribution in [1.29, 1.82) is 0 Å². The van der Waals surface area contributed by atoms with Gasteiger partial charge in [-0.1, -0.05) is 31.3 Å². The molecule has 0 bridgehead atoms. The standard InChI is InChI=1S/C13H18N2OS/c1-9-6-7-15(12(9)8-16)11-5-3-2-4-10(11)13(14)17/h2-5,9,12,16H,6-8H2,1H3,(H2,14,17). The van der Waals surface area contributed by atoms with Crippen molar-refractivity contribution >= 4 is 22.9 Å². The molecule has 0 aromatic heterocycles. The molecule has 4 heteroatoms. The van der Waals surface area contributed by atoms with E-state index in [0.29, 0.717) is 10.9 Å². The molecule has 0 spiro atoms. The van der Waals surface area contributed by atoms with Gasteiger partial charge in [-0.2, -0.15) is 0 Å². The minimum absolute atomic E-state index is 0.172. The van der Waals surface area contributed by atoms with Gasteiger partial charge in [0, 0.05) is 17.8 Å². The Labute approximate surface area is 107 Å². The van der Waals surface area contributed by atoms with Crippen molar-refractivity contribution < 1.29 is 5.11 Å². The van der Waals surface area contributed by atoms with Crippen molar-refractivity contribution in [3.05, 3.63) is 29.8 Å². The second-order valence-corrected chi connectivity index (χ2v) is 5.03. The van der Waals surface area contributed by atoms with E-state index in [-0.39, 0.29) is 12.6 Å². The van der Waals surface area contributed by atoms with E-state index in [1.165, 1.54) is 0 Å². The van der Waals surface area contributed by atoms with Crippen LogP contribution in [0.4, 0.5) is 5.69 Å². The van der Waals surface area contributed by atoms with Crippen LogP contribution in [0.2, 0.25) is 0 Å². The average molecular weight is 250 g/mol. The van der Waals surface area contributed by atoms with Gasteiger partial charge in [0.2, 0.25) is 0 Å². The average Bonchev–Trinajstić information content (AvgIpc) is 2.70. The molecule has 1 aliphatic heterocycles. The first-order chi connectivity index (χ1) is 8.15. The summed E-state index contributed by atoms with van der Waals surface area (Å²) in [6, 6.07) is 8.05. The number of nitrogens with zero attached hydrogens (tertiary/aromatic N) is 1. The maximum atomic E-state index is 9.49. The molecule has 3 nitrogen and oxygen atoms in total. The first-order valence-corrected chi connectivity index (χ1v) is 6.32. The minimum atomic E-state index is 0.172. The zero-order chi connectivity index (χ0) is 12.4. The molecule has 2 atom stereocenters. The molecule has 0 amide bonds. The first-order valence-electron chi connectivity index (χ1n) is 5.91. The Morgan fingerprint density at radius 3 is 2.88 bits per heavy atom. The van der Waals surface area contributed by atoms with Gasteiger partial charge in [-0.3, -0.25) is 0 Å². The number of rotatable bonds is 3. The van der Waals surface area contributed by atoms with Gasteiger partial charge in [0.05, 0.1) is 12.6 Å². The maximum Gasteiger partial charge on any atom is 0.106 e. The topological polar surface area (TPSA) is 49.5 Å². The molecule has 2 unspecified atom stereocenters. The van der Waals surface area contributed by atoms with Crippen LogP contribution in [0.25, 0.3) is 0 Å². The molecule has 1 aliphatic rings. The van der Waals surface area contributed by atoms with Crippen molar-refractivity contribution in [1.82, 2.24) is 0 Å². The van der Waals surface area contributed by atoms with Crippen LogP contribution in [0.1, 0.15) is 18.9 Å². The van der Waals surface area contributed by atoms with Gasteiger partial charge in [-0.25, -0.2) is 0 Å². The number of anilines is 1. The maximum absolute atomic E-state index is 9.49. The zero-order valence-corrected chi connectivity index (χ0v) is 10.8. The summed E-state index contributed by atoms with van der Waals surface area (Å²) in [5.74, 6) is 0.499. The van der Waals surface area contributed by atoms with Crippen LogP contribution in [0.15, 0.2) is 24.3 Å². The van der Waals surface area contributed by atoms with Crippen LogP contribution >= 0.6 is 12.2 Å². The molecule has 1 saturated heterocycles. The molecular weight excluding hydrogens is 232 g/mol. The van der Waals surface area contributed by atoms with Gasteiger partial charge >= 0.3 is 0 Å². The predicted molar refractivity (Wildman–Crippen MR) is 74.3 cm³/mol. The molecule has 2 rings (SSSR count). The van der Waals surface area contributed by atoms with E-state index in [2.05, 4.69) is 11.8 Å². The highest BCUT2D eigenvalue weighted by atomic mass is 32.1. The van der Waals surface area contributed by atoms with Crippen molar-refractivity contribution in [3.8, 4) is 0 Å². The van der Waals surface area contributed by atoms with Crippen LogP contribution in [0.5, 0.6) is 0 Å². The van der Waals surface area contributed by atoms with E-state index in [1.54, 1.807) is 0 Å². The van der Waals surface area contributed by atoms with E-state index in [1.807, 2.05) is 24.3 Å². The fourth-order valence-corrected chi connectivity index (χ4v) is 2.69. The number of para-hydroxylation sites is 1. The Morgan fingerprint density at radius 2 is 2.24 bits per heavy atom. The van der Waals surface area contributed by atoms with E-state index < -0.39 is 0 Å². The van der Waals surface area contributed by atoms with Gasteiger partial charge < -0.3 is 15.7 Å². The third-order valence-electron chi connectivity index (χ3n) is 3.55. The fourth-order valence-electron chi connectivity index (χ4n) is 2.52. The van der Waals surface area contributed by atoms with Gasteiger partial charge in [0.25, 0.3) is 0 Å². The molecule has 3 N–H and O–H groups in total. The largest absolute Gasteiger partial charge is 0.394 e.